The molecule has 1 aliphatic rings. The summed E-state index contributed by atoms with van der Waals surface area (Å²) in [5.41, 5.74) is 11.1. The van der Waals surface area contributed by atoms with E-state index in [1.54, 1.807) is 18.2 Å². The highest BCUT2D eigenvalue weighted by molar-refractivity contribution is 6.19. The zero-order valence-electron chi connectivity index (χ0n) is 42.2. The average Bonchev–Trinajstić information content (AvgIpc) is 4.29. The van der Waals surface area contributed by atoms with Crippen LogP contribution in [0.4, 0.5) is 26.3 Å². The van der Waals surface area contributed by atoms with Gasteiger partial charge in [-0.3, -0.25) is 0 Å². The van der Waals surface area contributed by atoms with Gasteiger partial charge in [-0.2, -0.15) is 31.6 Å². The summed E-state index contributed by atoms with van der Waals surface area (Å²) in [5.74, 6) is -0.0479. The summed E-state index contributed by atoms with van der Waals surface area (Å²) in [6, 6.07) is 76.8. The number of rotatable bonds is 6. The molecule has 0 radical (unpaired) electrons. The molecule has 0 saturated carbocycles. The first-order valence-corrected chi connectivity index (χ1v) is 26.1. The molecule has 0 amide bonds. The van der Waals surface area contributed by atoms with Gasteiger partial charge in [0.05, 0.1) is 61.5 Å². The molecular formula is C70H40F6N4. The molecule has 11 aromatic carbocycles. The molecule has 0 bridgehead atoms. The first kappa shape index (κ1) is 47.1. The molecule has 0 aliphatic heterocycles. The Bertz CT molecular complexity index is 4940. The molecule has 1 atom stereocenters. The Morgan fingerprint density at radius 2 is 0.925 bits per heavy atom. The number of nitrogens with zero attached hydrogens (tertiary/aromatic N) is 4. The highest BCUT2D eigenvalue weighted by Crippen LogP contribution is 2.52. The van der Waals surface area contributed by atoms with E-state index in [4.69, 9.17) is 0 Å². The van der Waals surface area contributed by atoms with Crippen LogP contribution in [-0.4, -0.2) is 13.7 Å². The summed E-state index contributed by atoms with van der Waals surface area (Å²) >= 11 is 0. The number of aromatic nitrogens is 3. The van der Waals surface area contributed by atoms with Gasteiger partial charge in [-0.05, 0) is 136 Å². The summed E-state index contributed by atoms with van der Waals surface area (Å²) in [6.07, 6.45) is -10.2. The van der Waals surface area contributed by atoms with Crippen molar-refractivity contribution in [2.24, 2.45) is 0 Å². The van der Waals surface area contributed by atoms with Crippen LogP contribution in [0.3, 0.4) is 0 Å². The minimum Gasteiger partial charge on any atom is -0.309 e. The monoisotopic (exact) mass is 1050 g/mol. The Morgan fingerprint density at radius 1 is 0.350 bits per heavy atom. The molecule has 14 aromatic rings. The topological polar surface area (TPSA) is 38.6 Å². The maximum absolute atomic E-state index is 15.2. The lowest BCUT2D eigenvalue weighted by atomic mass is 9.89. The molecule has 10 heteroatoms. The average molecular weight is 1050 g/mol. The van der Waals surface area contributed by atoms with Gasteiger partial charge in [-0.1, -0.05) is 140 Å². The molecule has 0 spiro atoms. The number of hydrogen-bond acceptors (Lipinski definition) is 1. The van der Waals surface area contributed by atoms with Gasteiger partial charge in [-0.15, -0.1) is 0 Å². The molecule has 1 unspecified atom stereocenters. The normalized spacial score (nSPS) is 13.5. The van der Waals surface area contributed by atoms with Gasteiger partial charge in [0, 0.05) is 60.7 Å². The Kier molecular flexibility index (Phi) is 10.3. The van der Waals surface area contributed by atoms with Crippen molar-refractivity contribution in [1.82, 2.24) is 13.7 Å². The van der Waals surface area contributed by atoms with Crippen LogP contribution in [0, 0.1) is 11.3 Å². The van der Waals surface area contributed by atoms with Crippen molar-refractivity contribution in [2.45, 2.75) is 18.3 Å². The predicted molar refractivity (Wildman–Crippen MR) is 308 cm³/mol. The van der Waals surface area contributed by atoms with Gasteiger partial charge >= 0.3 is 12.4 Å². The van der Waals surface area contributed by atoms with E-state index >= 15 is 13.2 Å². The first-order chi connectivity index (χ1) is 38.9. The summed E-state index contributed by atoms with van der Waals surface area (Å²) < 4.78 is 94.6. The van der Waals surface area contributed by atoms with E-state index < -0.39 is 29.0 Å². The minimum atomic E-state index is -5.15. The van der Waals surface area contributed by atoms with Crippen LogP contribution in [0.25, 0.3) is 116 Å². The van der Waals surface area contributed by atoms with Crippen molar-refractivity contribution < 1.29 is 26.3 Å². The zero-order valence-corrected chi connectivity index (χ0v) is 42.2. The van der Waals surface area contributed by atoms with Crippen molar-refractivity contribution in [3.05, 3.63) is 270 Å². The third kappa shape index (κ3) is 7.10. The molecule has 0 fully saturated rings. The quantitative estimate of drug-likeness (QED) is 0.153. The second kappa shape index (κ2) is 17.5. The molecule has 0 N–H and O–H groups in total. The van der Waals surface area contributed by atoms with E-state index in [1.165, 1.54) is 11.6 Å². The van der Waals surface area contributed by atoms with E-state index in [1.807, 2.05) is 84.9 Å². The number of fused-ring (bicyclic) bond motifs is 12. The zero-order chi connectivity index (χ0) is 54.2. The van der Waals surface area contributed by atoms with Gasteiger partial charge < -0.3 is 13.7 Å². The summed E-state index contributed by atoms with van der Waals surface area (Å²) in [4.78, 5) is 0. The Balaban J connectivity index is 1.03. The fourth-order valence-electron chi connectivity index (χ4n) is 12.8. The maximum atomic E-state index is 15.2. The standard InChI is InChI=1S/C70H40F6N4/c71-69(72,73)44-29-31-47(60(34-44)70(74,75)76)42-28-32-64(80-63-26-14-11-22-51(63)58-37-57-50-21-9-12-24-61(50)78(66(57)39-67(58)80)45-17-5-2-6-18-45)55(33-42)53-35-46(30-27-43(53)40-77)79-62-25-13-10-20-49(62)56-36-54-48-19-7-8-23-52(48)68(59(54)38-65(56)79)41-15-3-1-4-16-41/h1-39,68H. The Morgan fingerprint density at radius 3 is 1.59 bits per heavy atom. The van der Waals surface area contributed by atoms with Gasteiger partial charge in [0.25, 0.3) is 0 Å². The molecule has 80 heavy (non-hydrogen) atoms. The third-order valence-corrected chi connectivity index (χ3v) is 16.2. The number of benzene rings is 11. The van der Waals surface area contributed by atoms with Crippen LogP contribution in [0.5, 0.6) is 0 Å². The van der Waals surface area contributed by atoms with Crippen molar-refractivity contribution in [1.29, 1.82) is 5.26 Å². The second-order valence-electron chi connectivity index (χ2n) is 20.5. The van der Waals surface area contributed by atoms with E-state index in [0.29, 0.717) is 28.6 Å². The fourth-order valence-corrected chi connectivity index (χ4v) is 12.8. The summed E-state index contributed by atoms with van der Waals surface area (Å²) in [5, 5.41) is 17.1. The van der Waals surface area contributed by atoms with Crippen molar-refractivity contribution >= 4 is 65.4 Å². The molecule has 0 saturated heterocycles. The van der Waals surface area contributed by atoms with Crippen LogP contribution >= 0.6 is 0 Å². The minimum absolute atomic E-state index is 0.0189. The van der Waals surface area contributed by atoms with E-state index in [-0.39, 0.29) is 23.1 Å². The smallest absolute Gasteiger partial charge is 0.309 e. The van der Waals surface area contributed by atoms with Gasteiger partial charge in [0.2, 0.25) is 0 Å². The lowest BCUT2D eigenvalue weighted by Gasteiger charge is -2.20. The fraction of sp³-hybridized carbons (Fsp3) is 0.0429. The number of para-hydroxylation sites is 4. The van der Waals surface area contributed by atoms with Crippen LogP contribution in [0.1, 0.15) is 39.3 Å². The van der Waals surface area contributed by atoms with Crippen LogP contribution in [-0.2, 0) is 12.4 Å². The largest absolute Gasteiger partial charge is 0.417 e. The highest BCUT2D eigenvalue weighted by Gasteiger charge is 2.39. The third-order valence-electron chi connectivity index (χ3n) is 16.2. The molecule has 3 aromatic heterocycles. The van der Waals surface area contributed by atoms with Crippen molar-refractivity contribution in [3.8, 4) is 56.5 Å². The van der Waals surface area contributed by atoms with Crippen LogP contribution in [0.15, 0.2) is 237 Å². The van der Waals surface area contributed by atoms with Crippen molar-refractivity contribution in [3.63, 3.8) is 0 Å². The van der Waals surface area contributed by atoms with E-state index in [9.17, 15) is 18.4 Å². The van der Waals surface area contributed by atoms with E-state index in [0.717, 1.165) is 99.4 Å². The molecule has 1 aliphatic carbocycles. The number of hydrogen-bond donors (Lipinski definition) is 0. The number of nitriles is 1. The lowest BCUT2D eigenvalue weighted by molar-refractivity contribution is -0.142. The predicted octanol–water partition coefficient (Wildman–Crippen LogP) is 19.4. The molecule has 3 heterocycles. The van der Waals surface area contributed by atoms with Crippen LogP contribution < -0.4 is 0 Å². The maximum Gasteiger partial charge on any atom is 0.417 e. The highest BCUT2D eigenvalue weighted by atomic mass is 19.4. The first-order valence-electron chi connectivity index (χ1n) is 26.1. The second-order valence-corrected chi connectivity index (χ2v) is 20.5. The Labute approximate surface area is 453 Å². The number of alkyl halides is 6. The van der Waals surface area contributed by atoms with Crippen LogP contribution in [0.2, 0.25) is 0 Å². The lowest BCUT2D eigenvalue weighted by Crippen LogP contribution is -2.12. The number of halogens is 6. The Hall–Kier alpha value is -10.1. The van der Waals surface area contributed by atoms with Gasteiger partial charge in [0.15, 0.2) is 0 Å². The van der Waals surface area contributed by atoms with Gasteiger partial charge in [-0.25, -0.2) is 0 Å². The summed E-state index contributed by atoms with van der Waals surface area (Å²) in [7, 11) is 0. The molecular weight excluding hydrogens is 1010 g/mol. The molecule has 382 valence electrons. The van der Waals surface area contributed by atoms with Crippen molar-refractivity contribution in [2.75, 3.05) is 0 Å². The SMILES string of the molecule is N#Cc1ccc(-n2c3ccccc3c3cc4c(cc32)C(c2ccccc2)c2ccccc2-4)cc1-c1cc(-c2ccc(C(F)(F)F)cc2C(F)(F)F)ccc1-n1c2ccccc2c2cc3c4ccccc4n(-c4ccccc4)c3cc21. The molecule has 15 rings (SSSR count). The van der Waals surface area contributed by atoms with Gasteiger partial charge in [0.1, 0.15) is 0 Å². The summed E-state index contributed by atoms with van der Waals surface area (Å²) in [6.45, 7) is 0. The molecule has 4 nitrogen and oxygen atoms in total. The van der Waals surface area contributed by atoms with E-state index in [2.05, 4.69) is 129 Å².